The molecule has 2 atom stereocenters. The summed E-state index contributed by atoms with van der Waals surface area (Å²) in [5.74, 6) is -1.04. The summed E-state index contributed by atoms with van der Waals surface area (Å²) in [5.41, 5.74) is 0.883. The van der Waals surface area contributed by atoms with E-state index in [9.17, 15) is 14.4 Å². The van der Waals surface area contributed by atoms with Crippen molar-refractivity contribution in [3.05, 3.63) is 34.3 Å². The molecule has 118 valence electrons. The van der Waals surface area contributed by atoms with Crippen molar-refractivity contribution in [2.24, 2.45) is 0 Å². The average Bonchev–Trinajstić information content (AvgIpc) is 2.94. The summed E-state index contributed by atoms with van der Waals surface area (Å²) in [6, 6.07) is 6.07. The number of nitrogens with one attached hydrogen (secondary N) is 2. The Morgan fingerprint density at radius 2 is 2.18 bits per heavy atom. The second-order valence-electron chi connectivity index (χ2n) is 5.04. The lowest BCUT2D eigenvalue weighted by Crippen LogP contribution is -2.50. The summed E-state index contributed by atoms with van der Waals surface area (Å²) < 4.78 is 5.61. The van der Waals surface area contributed by atoms with Gasteiger partial charge in [-0.15, -0.1) is 0 Å². The van der Waals surface area contributed by atoms with Crippen molar-refractivity contribution in [1.82, 2.24) is 10.6 Å². The molecule has 2 amide bonds. The van der Waals surface area contributed by atoms with Crippen molar-refractivity contribution < 1.29 is 19.1 Å². The molecule has 2 rings (SSSR count). The molecule has 2 N–H and O–H groups in total. The Kier molecular flexibility index (Phi) is 5.54. The number of methoxy groups -OCH3 is 1. The molecular weight excluding hydrogens is 352 g/mol. The molecule has 1 saturated heterocycles. The van der Waals surface area contributed by atoms with Gasteiger partial charge in [0, 0.05) is 17.3 Å². The Balaban J connectivity index is 2.06. The van der Waals surface area contributed by atoms with Gasteiger partial charge in [-0.25, -0.2) is 4.79 Å². The number of amides is 2. The molecule has 1 aromatic rings. The highest BCUT2D eigenvalue weighted by Gasteiger charge is 2.31. The molecule has 1 heterocycles. The van der Waals surface area contributed by atoms with Crippen molar-refractivity contribution in [2.75, 3.05) is 7.11 Å². The van der Waals surface area contributed by atoms with Gasteiger partial charge in [0.2, 0.25) is 11.8 Å². The number of carbonyl (C=O) groups is 3. The number of hydrogen-bond donors (Lipinski definition) is 2. The van der Waals surface area contributed by atoms with Gasteiger partial charge in [-0.2, -0.15) is 0 Å². The summed E-state index contributed by atoms with van der Waals surface area (Å²) in [4.78, 5) is 35.2. The van der Waals surface area contributed by atoms with E-state index in [4.69, 9.17) is 4.74 Å². The van der Waals surface area contributed by atoms with Crippen LogP contribution in [-0.4, -0.2) is 37.0 Å². The molecule has 0 spiro atoms. The molecule has 1 aliphatic rings. The lowest BCUT2D eigenvalue weighted by molar-refractivity contribution is -0.145. The maximum absolute atomic E-state index is 12.2. The van der Waals surface area contributed by atoms with Crippen LogP contribution in [0.4, 0.5) is 0 Å². The first-order valence-corrected chi connectivity index (χ1v) is 7.71. The minimum absolute atomic E-state index is 0.152. The summed E-state index contributed by atoms with van der Waals surface area (Å²) in [5, 5.41) is 5.24. The van der Waals surface area contributed by atoms with Crippen molar-refractivity contribution >= 4 is 33.7 Å². The van der Waals surface area contributed by atoms with E-state index in [0.29, 0.717) is 19.3 Å². The molecule has 1 aliphatic heterocycles. The van der Waals surface area contributed by atoms with Crippen LogP contribution in [0.1, 0.15) is 18.4 Å². The van der Waals surface area contributed by atoms with E-state index >= 15 is 0 Å². The monoisotopic (exact) mass is 368 g/mol. The maximum Gasteiger partial charge on any atom is 0.328 e. The van der Waals surface area contributed by atoms with Crippen LogP contribution >= 0.6 is 15.9 Å². The van der Waals surface area contributed by atoms with Gasteiger partial charge >= 0.3 is 5.97 Å². The Morgan fingerprint density at radius 1 is 1.45 bits per heavy atom. The van der Waals surface area contributed by atoms with Crippen LogP contribution in [-0.2, 0) is 25.5 Å². The quantitative estimate of drug-likeness (QED) is 0.757. The molecule has 1 aromatic carbocycles. The Hall–Kier alpha value is -1.89. The zero-order chi connectivity index (χ0) is 16.1. The van der Waals surface area contributed by atoms with Crippen LogP contribution < -0.4 is 10.6 Å². The van der Waals surface area contributed by atoms with Crippen LogP contribution in [0, 0.1) is 0 Å². The van der Waals surface area contributed by atoms with E-state index < -0.39 is 18.1 Å². The Labute approximate surface area is 136 Å². The van der Waals surface area contributed by atoms with E-state index in [2.05, 4.69) is 26.6 Å². The fourth-order valence-electron chi connectivity index (χ4n) is 2.30. The number of ether oxygens (including phenoxy) is 1. The highest BCUT2D eigenvalue weighted by molar-refractivity contribution is 9.10. The molecule has 1 fully saturated rings. The summed E-state index contributed by atoms with van der Waals surface area (Å²) >= 11 is 3.41. The number of halogens is 1. The second-order valence-corrected chi connectivity index (χ2v) is 5.89. The molecule has 0 unspecified atom stereocenters. The number of rotatable bonds is 5. The fourth-order valence-corrected chi connectivity index (χ4v) is 2.75. The second kappa shape index (κ2) is 7.40. The zero-order valence-corrected chi connectivity index (χ0v) is 13.7. The highest BCUT2D eigenvalue weighted by atomic mass is 79.9. The van der Waals surface area contributed by atoms with E-state index in [0.717, 1.165) is 10.0 Å². The largest absolute Gasteiger partial charge is 0.467 e. The molecule has 0 saturated carbocycles. The fraction of sp³-hybridized carbons (Fsp3) is 0.400. The molecule has 0 bridgehead atoms. The first-order valence-electron chi connectivity index (χ1n) is 6.92. The van der Waals surface area contributed by atoms with E-state index in [1.807, 2.05) is 24.3 Å². The molecule has 0 radical (unpaired) electrons. The Bertz CT molecular complexity index is 591. The predicted molar refractivity (Wildman–Crippen MR) is 83.0 cm³/mol. The van der Waals surface area contributed by atoms with Gasteiger partial charge in [0.05, 0.1) is 7.11 Å². The van der Waals surface area contributed by atoms with E-state index in [1.54, 1.807) is 0 Å². The first kappa shape index (κ1) is 16.5. The van der Waals surface area contributed by atoms with Crippen LogP contribution in [0.15, 0.2) is 28.7 Å². The minimum atomic E-state index is -0.797. The minimum Gasteiger partial charge on any atom is -0.467 e. The molecule has 0 aromatic heterocycles. The number of carbonyl (C=O) groups excluding carboxylic acids is 3. The van der Waals surface area contributed by atoms with Gasteiger partial charge in [-0.3, -0.25) is 9.59 Å². The number of esters is 1. The molecular formula is C15H17BrN2O4. The van der Waals surface area contributed by atoms with Crippen LogP contribution in [0.5, 0.6) is 0 Å². The summed E-state index contributed by atoms with van der Waals surface area (Å²) in [7, 11) is 1.28. The Morgan fingerprint density at radius 3 is 2.77 bits per heavy atom. The van der Waals surface area contributed by atoms with Gasteiger partial charge in [0.1, 0.15) is 12.1 Å². The van der Waals surface area contributed by atoms with Crippen molar-refractivity contribution in [1.29, 1.82) is 0 Å². The third-order valence-electron chi connectivity index (χ3n) is 3.50. The molecule has 6 nitrogen and oxygen atoms in total. The maximum atomic E-state index is 12.2. The van der Waals surface area contributed by atoms with Crippen molar-refractivity contribution in [3.8, 4) is 0 Å². The zero-order valence-electron chi connectivity index (χ0n) is 12.1. The van der Waals surface area contributed by atoms with Crippen LogP contribution in [0.3, 0.4) is 0 Å². The first-order chi connectivity index (χ1) is 10.5. The third kappa shape index (κ3) is 4.07. The highest BCUT2D eigenvalue weighted by Crippen LogP contribution is 2.18. The summed E-state index contributed by atoms with van der Waals surface area (Å²) in [6.07, 6.45) is 1.07. The van der Waals surface area contributed by atoms with Gasteiger partial charge < -0.3 is 15.4 Å². The molecule has 0 aliphatic carbocycles. The number of benzene rings is 1. The summed E-state index contributed by atoms with van der Waals surface area (Å²) in [6.45, 7) is 0. The smallest absolute Gasteiger partial charge is 0.328 e. The number of hydrogen-bond acceptors (Lipinski definition) is 4. The van der Waals surface area contributed by atoms with Gasteiger partial charge in [0.15, 0.2) is 0 Å². The van der Waals surface area contributed by atoms with Crippen LogP contribution in [0.25, 0.3) is 0 Å². The van der Waals surface area contributed by atoms with E-state index in [-0.39, 0.29) is 11.8 Å². The SMILES string of the molecule is COC(=O)[C@@H](Cc1ccccc1Br)NC(=O)[C@@H]1CCC(=O)N1. The topological polar surface area (TPSA) is 84.5 Å². The standard InChI is InChI=1S/C15H17BrN2O4/c1-22-15(21)12(8-9-4-2-3-5-10(9)16)18-14(20)11-6-7-13(19)17-11/h2-5,11-12H,6-8H2,1H3,(H,17,19)(H,18,20)/t11-,12+/m0/s1. The van der Waals surface area contributed by atoms with Crippen molar-refractivity contribution in [3.63, 3.8) is 0 Å². The molecule has 7 heteroatoms. The molecule has 22 heavy (non-hydrogen) atoms. The lowest BCUT2D eigenvalue weighted by atomic mass is 10.1. The normalized spacial score (nSPS) is 18.5. The van der Waals surface area contributed by atoms with Crippen molar-refractivity contribution in [2.45, 2.75) is 31.3 Å². The lowest BCUT2D eigenvalue weighted by Gasteiger charge is -2.19. The predicted octanol–water partition coefficient (Wildman–Crippen LogP) is 0.928. The van der Waals surface area contributed by atoms with Crippen LogP contribution in [0.2, 0.25) is 0 Å². The average molecular weight is 369 g/mol. The van der Waals surface area contributed by atoms with Gasteiger partial charge in [0.25, 0.3) is 0 Å². The van der Waals surface area contributed by atoms with E-state index in [1.165, 1.54) is 7.11 Å². The third-order valence-corrected chi connectivity index (χ3v) is 4.27. The van der Waals surface area contributed by atoms with Gasteiger partial charge in [-0.1, -0.05) is 34.1 Å². The van der Waals surface area contributed by atoms with Gasteiger partial charge in [-0.05, 0) is 18.1 Å².